The summed E-state index contributed by atoms with van der Waals surface area (Å²) in [6.07, 6.45) is 13.4. The van der Waals surface area contributed by atoms with Crippen LogP contribution in [0.2, 0.25) is 0 Å². The molecule has 0 aromatic heterocycles. The molecule has 0 N–H and O–H groups in total. The second kappa shape index (κ2) is 19.9. The van der Waals surface area contributed by atoms with Gasteiger partial charge in [-0.15, -0.1) is 0 Å². The largest absolute Gasteiger partial charge is 0.849 e. The molecule has 25 heavy (non-hydrogen) atoms. The Labute approximate surface area is 158 Å². The van der Waals surface area contributed by atoms with E-state index in [1.54, 1.807) is 0 Å². The van der Waals surface area contributed by atoms with E-state index in [1.165, 1.54) is 82.0 Å². The normalized spacial score (nSPS) is 11.1. The van der Waals surface area contributed by atoms with Gasteiger partial charge in [-0.2, -0.15) is 0 Å². The van der Waals surface area contributed by atoms with E-state index in [1.807, 2.05) is 6.92 Å². The van der Waals surface area contributed by atoms with Crippen molar-refractivity contribution in [1.82, 2.24) is 0 Å². The van der Waals surface area contributed by atoms with Gasteiger partial charge in [0.25, 0.3) is 0 Å². The average Bonchev–Trinajstić information content (AvgIpc) is 2.65. The van der Waals surface area contributed by atoms with Crippen LogP contribution in [-0.2, 0) is 4.79 Å². The van der Waals surface area contributed by atoms with Gasteiger partial charge in [0.05, 0.1) is 26.2 Å². The van der Waals surface area contributed by atoms with Crippen molar-refractivity contribution in [2.45, 2.75) is 105 Å². The minimum Gasteiger partial charge on any atom is -0.849 e. The SMILES string of the molecule is CCCCC(=O)C[O-].CCCC[N+](CCCC)(CCCC)CCCC. The summed E-state index contributed by atoms with van der Waals surface area (Å²) in [5, 5.41) is 9.79. The summed E-state index contributed by atoms with van der Waals surface area (Å²) in [5.41, 5.74) is 0. The lowest BCUT2D eigenvalue weighted by molar-refractivity contribution is -0.929. The van der Waals surface area contributed by atoms with Gasteiger partial charge in [0, 0.05) is 6.42 Å². The van der Waals surface area contributed by atoms with Crippen molar-refractivity contribution in [3.8, 4) is 0 Å². The van der Waals surface area contributed by atoms with Crippen LogP contribution in [0, 0.1) is 0 Å². The number of Topliss-reactive ketones (excluding diaryl/α,β-unsaturated/α-hetero) is 1. The molecule has 0 atom stereocenters. The van der Waals surface area contributed by atoms with Crippen LogP contribution in [0.5, 0.6) is 0 Å². The van der Waals surface area contributed by atoms with E-state index in [9.17, 15) is 9.90 Å². The highest BCUT2D eigenvalue weighted by Gasteiger charge is 2.24. The molecule has 0 aromatic rings. The van der Waals surface area contributed by atoms with E-state index in [2.05, 4.69) is 27.7 Å². The van der Waals surface area contributed by atoms with Gasteiger partial charge in [0.1, 0.15) is 5.78 Å². The average molecular weight is 358 g/mol. The van der Waals surface area contributed by atoms with Crippen LogP contribution >= 0.6 is 0 Å². The Morgan fingerprint density at radius 1 is 0.640 bits per heavy atom. The molecular weight excluding hydrogens is 310 g/mol. The maximum Gasteiger partial charge on any atom is 0.116 e. The molecule has 0 amide bonds. The molecule has 0 aliphatic rings. The molecule has 0 saturated carbocycles. The molecular formula is C22H47NO2. The molecule has 0 heterocycles. The summed E-state index contributed by atoms with van der Waals surface area (Å²) < 4.78 is 1.42. The maximum atomic E-state index is 10.3. The lowest BCUT2D eigenvalue weighted by Gasteiger charge is -2.39. The van der Waals surface area contributed by atoms with Gasteiger partial charge in [0.15, 0.2) is 0 Å². The van der Waals surface area contributed by atoms with Gasteiger partial charge < -0.3 is 14.4 Å². The molecule has 0 aliphatic carbocycles. The van der Waals surface area contributed by atoms with E-state index >= 15 is 0 Å². The minimum atomic E-state index is -0.542. The van der Waals surface area contributed by atoms with Crippen LogP contribution in [0.3, 0.4) is 0 Å². The van der Waals surface area contributed by atoms with E-state index in [4.69, 9.17) is 0 Å². The third-order valence-electron chi connectivity index (χ3n) is 4.91. The molecule has 0 aromatic carbocycles. The Hall–Kier alpha value is -0.410. The third kappa shape index (κ3) is 16.8. The van der Waals surface area contributed by atoms with Crippen molar-refractivity contribution < 1.29 is 14.4 Å². The van der Waals surface area contributed by atoms with Gasteiger partial charge in [0.2, 0.25) is 0 Å². The first-order valence-electron chi connectivity index (χ1n) is 11.0. The van der Waals surface area contributed by atoms with Crippen LogP contribution in [0.4, 0.5) is 0 Å². The Balaban J connectivity index is 0. The Morgan fingerprint density at radius 2 is 0.960 bits per heavy atom. The number of nitrogens with zero attached hydrogens (tertiary/aromatic N) is 1. The number of carbonyl (C=O) groups excluding carboxylic acids is 1. The smallest absolute Gasteiger partial charge is 0.116 e. The summed E-state index contributed by atoms with van der Waals surface area (Å²) >= 11 is 0. The molecule has 0 saturated heterocycles. The fourth-order valence-electron chi connectivity index (χ4n) is 3.09. The number of hydrogen-bond acceptors (Lipinski definition) is 2. The lowest BCUT2D eigenvalue weighted by atomic mass is 10.1. The molecule has 0 spiro atoms. The summed E-state index contributed by atoms with van der Waals surface area (Å²) in [6, 6.07) is 0. The van der Waals surface area contributed by atoms with E-state index in [0.717, 1.165) is 12.8 Å². The topological polar surface area (TPSA) is 40.1 Å². The molecule has 0 bridgehead atoms. The number of quaternary nitrogens is 1. The maximum absolute atomic E-state index is 10.3. The number of rotatable bonds is 16. The predicted molar refractivity (Wildman–Crippen MR) is 109 cm³/mol. The molecule has 0 rings (SSSR count). The van der Waals surface area contributed by atoms with Gasteiger partial charge in [-0.05, 0) is 32.1 Å². The monoisotopic (exact) mass is 357 g/mol. The number of ketones is 1. The molecule has 3 nitrogen and oxygen atoms in total. The first-order valence-corrected chi connectivity index (χ1v) is 11.0. The Bertz CT molecular complexity index is 242. The fourth-order valence-corrected chi connectivity index (χ4v) is 3.09. The van der Waals surface area contributed by atoms with Crippen molar-refractivity contribution in [3.63, 3.8) is 0 Å². The molecule has 0 unspecified atom stereocenters. The Morgan fingerprint density at radius 3 is 1.20 bits per heavy atom. The van der Waals surface area contributed by atoms with E-state index < -0.39 is 6.61 Å². The summed E-state index contributed by atoms with van der Waals surface area (Å²) in [4.78, 5) is 10.3. The van der Waals surface area contributed by atoms with E-state index in [-0.39, 0.29) is 5.78 Å². The molecule has 0 fully saturated rings. The standard InChI is InChI=1S/C16H36N.C6H11O2/c1-5-9-13-17(14-10-6-2,15-11-7-3)16-12-8-4;1-2-3-4-6(8)5-7/h5-16H2,1-4H3;2-5H2,1H3/q+1;-1. The van der Waals surface area contributed by atoms with Crippen LogP contribution in [0.25, 0.3) is 0 Å². The molecule has 0 aliphatic heterocycles. The van der Waals surface area contributed by atoms with Crippen LogP contribution < -0.4 is 5.11 Å². The first-order chi connectivity index (χ1) is 12.1. The van der Waals surface area contributed by atoms with Gasteiger partial charge in [-0.25, -0.2) is 0 Å². The Kier molecular flexibility index (Phi) is 21.4. The minimum absolute atomic E-state index is 0.160. The first kappa shape index (κ1) is 26.8. The molecule has 0 radical (unpaired) electrons. The van der Waals surface area contributed by atoms with Gasteiger partial charge in [-0.1, -0.05) is 73.3 Å². The molecule has 152 valence electrons. The highest BCUT2D eigenvalue weighted by atomic mass is 16.3. The van der Waals surface area contributed by atoms with E-state index in [0.29, 0.717) is 6.42 Å². The van der Waals surface area contributed by atoms with Crippen LogP contribution in [0.1, 0.15) is 105 Å². The number of carbonyl (C=O) groups is 1. The molecule has 3 heteroatoms. The second-order valence-electron chi connectivity index (χ2n) is 7.44. The van der Waals surface area contributed by atoms with Crippen molar-refractivity contribution in [2.75, 3.05) is 32.8 Å². The lowest BCUT2D eigenvalue weighted by Crippen LogP contribution is -2.50. The highest BCUT2D eigenvalue weighted by molar-refractivity contribution is 5.78. The van der Waals surface area contributed by atoms with Gasteiger partial charge in [-0.3, -0.25) is 0 Å². The number of unbranched alkanes of at least 4 members (excludes halogenated alkanes) is 5. The quantitative estimate of drug-likeness (QED) is 0.360. The summed E-state index contributed by atoms with van der Waals surface area (Å²) in [7, 11) is 0. The number of hydrogen-bond donors (Lipinski definition) is 0. The van der Waals surface area contributed by atoms with Crippen molar-refractivity contribution >= 4 is 5.78 Å². The highest BCUT2D eigenvalue weighted by Crippen LogP contribution is 2.16. The van der Waals surface area contributed by atoms with Crippen molar-refractivity contribution in [3.05, 3.63) is 0 Å². The van der Waals surface area contributed by atoms with Gasteiger partial charge >= 0.3 is 0 Å². The fraction of sp³-hybridized carbons (Fsp3) is 0.955. The summed E-state index contributed by atoms with van der Waals surface area (Å²) in [5.74, 6) is -0.160. The van der Waals surface area contributed by atoms with Crippen LogP contribution in [0.15, 0.2) is 0 Å². The predicted octanol–water partition coefficient (Wildman–Crippen LogP) is 5.11. The van der Waals surface area contributed by atoms with Crippen molar-refractivity contribution in [1.29, 1.82) is 0 Å². The third-order valence-corrected chi connectivity index (χ3v) is 4.91. The zero-order valence-corrected chi connectivity index (χ0v) is 18.1. The van der Waals surface area contributed by atoms with Crippen molar-refractivity contribution in [2.24, 2.45) is 0 Å². The second-order valence-corrected chi connectivity index (χ2v) is 7.44. The summed E-state index contributed by atoms with van der Waals surface area (Å²) in [6.45, 7) is 16.5. The zero-order valence-electron chi connectivity index (χ0n) is 18.1. The zero-order chi connectivity index (χ0) is 19.4. The van der Waals surface area contributed by atoms with Crippen LogP contribution in [-0.4, -0.2) is 43.1 Å².